The van der Waals surface area contributed by atoms with Gasteiger partial charge in [0.1, 0.15) is 0 Å². The van der Waals surface area contributed by atoms with Crippen molar-refractivity contribution in [3.05, 3.63) is 59.2 Å². The van der Waals surface area contributed by atoms with Gasteiger partial charge in [-0.05, 0) is 35.4 Å². The van der Waals surface area contributed by atoms with Gasteiger partial charge in [-0.25, -0.2) is 0 Å². The highest BCUT2D eigenvalue weighted by Crippen LogP contribution is 2.39. The second-order valence-corrected chi connectivity index (χ2v) is 5.47. The molecule has 0 saturated carbocycles. The predicted molar refractivity (Wildman–Crippen MR) is 90.5 cm³/mol. The van der Waals surface area contributed by atoms with E-state index in [4.69, 9.17) is 9.47 Å². The zero-order valence-electron chi connectivity index (χ0n) is 13.8. The van der Waals surface area contributed by atoms with Crippen LogP contribution < -0.4 is 19.5 Å². The van der Waals surface area contributed by atoms with E-state index in [-0.39, 0.29) is 5.91 Å². The monoisotopic (exact) mass is 338 g/mol. The first-order chi connectivity index (χ1) is 12.0. The zero-order valence-corrected chi connectivity index (χ0v) is 13.8. The Hall–Kier alpha value is -3.28. The maximum Gasteiger partial charge on any atom is 0.262 e. The molecule has 0 radical (unpaired) electrons. The number of carboxylic acid groups (broad SMARTS) is 1. The second kappa shape index (κ2) is 6.68. The van der Waals surface area contributed by atoms with Gasteiger partial charge in [-0.15, -0.1) is 0 Å². The Bertz CT molecular complexity index is 872. The Balaban J connectivity index is 1.97. The number of carboxylic acids is 1. The summed E-state index contributed by atoms with van der Waals surface area (Å²) in [5.74, 6) is -0.540. The number of carbonyl (C=O) groups is 2. The Morgan fingerprint density at radius 3 is 2.68 bits per heavy atom. The average Bonchev–Trinajstić information content (AvgIpc) is 2.96. The Kier molecular flexibility index (Phi) is 4.43. The summed E-state index contributed by atoms with van der Waals surface area (Å²) in [5, 5.41) is 10.6. The fourth-order valence-electron chi connectivity index (χ4n) is 2.88. The fourth-order valence-corrected chi connectivity index (χ4v) is 2.88. The molecule has 0 aliphatic carbocycles. The molecule has 6 heteroatoms. The molecule has 0 fully saturated rings. The number of ether oxygens (including phenoxy) is 2. The van der Waals surface area contributed by atoms with E-state index < -0.39 is 5.97 Å². The lowest BCUT2D eigenvalue weighted by Gasteiger charge is -2.16. The predicted octanol–water partition coefficient (Wildman–Crippen LogP) is 1.63. The SMILES string of the molecule is COc1ccc2c(c1OC)C(=O)N(c1cccc(/C=C/C(=O)[O-])c1)C2. The van der Waals surface area contributed by atoms with Crippen LogP contribution in [-0.4, -0.2) is 26.1 Å². The molecule has 2 aromatic rings. The van der Waals surface area contributed by atoms with Gasteiger partial charge >= 0.3 is 0 Å². The molecule has 0 N–H and O–H groups in total. The molecule has 1 amide bonds. The van der Waals surface area contributed by atoms with E-state index in [1.807, 2.05) is 6.07 Å². The largest absolute Gasteiger partial charge is 0.545 e. The van der Waals surface area contributed by atoms with Gasteiger partial charge in [0.2, 0.25) is 0 Å². The van der Waals surface area contributed by atoms with E-state index in [9.17, 15) is 14.7 Å². The van der Waals surface area contributed by atoms with E-state index in [1.54, 1.807) is 35.2 Å². The van der Waals surface area contributed by atoms with Crippen LogP contribution >= 0.6 is 0 Å². The minimum atomic E-state index is -1.27. The molecule has 25 heavy (non-hydrogen) atoms. The van der Waals surface area contributed by atoms with E-state index >= 15 is 0 Å². The number of rotatable bonds is 5. The number of anilines is 1. The van der Waals surface area contributed by atoms with Gasteiger partial charge < -0.3 is 24.3 Å². The minimum absolute atomic E-state index is 0.188. The van der Waals surface area contributed by atoms with Crippen molar-refractivity contribution in [3.63, 3.8) is 0 Å². The summed E-state index contributed by atoms with van der Waals surface area (Å²) in [7, 11) is 3.02. The lowest BCUT2D eigenvalue weighted by Crippen LogP contribution is -2.23. The number of hydrogen-bond donors (Lipinski definition) is 0. The van der Waals surface area contributed by atoms with Crippen LogP contribution in [0.4, 0.5) is 5.69 Å². The number of aliphatic carboxylic acids is 1. The summed E-state index contributed by atoms with van der Waals surface area (Å²) in [6.07, 6.45) is 2.38. The Morgan fingerprint density at radius 2 is 2.00 bits per heavy atom. The van der Waals surface area contributed by atoms with Crippen molar-refractivity contribution in [2.24, 2.45) is 0 Å². The number of benzene rings is 2. The third kappa shape index (κ3) is 3.06. The number of nitrogens with zero attached hydrogens (tertiary/aromatic N) is 1. The first kappa shape index (κ1) is 16.6. The summed E-state index contributed by atoms with van der Waals surface area (Å²) in [4.78, 5) is 25.1. The molecule has 1 aliphatic heterocycles. The number of hydrogen-bond acceptors (Lipinski definition) is 5. The van der Waals surface area contributed by atoms with Gasteiger partial charge in [-0.1, -0.05) is 24.3 Å². The number of amides is 1. The van der Waals surface area contributed by atoms with Gasteiger partial charge in [0.05, 0.1) is 32.3 Å². The van der Waals surface area contributed by atoms with Crippen LogP contribution in [0.3, 0.4) is 0 Å². The van der Waals surface area contributed by atoms with E-state index in [0.29, 0.717) is 34.9 Å². The third-order valence-electron chi connectivity index (χ3n) is 4.01. The molecule has 2 aromatic carbocycles. The molecule has 0 unspecified atom stereocenters. The van der Waals surface area contributed by atoms with Crippen molar-refractivity contribution in [1.29, 1.82) is 0 Å². The molecular formula is C19H16NO5-. The van der Waals surface area contributed by atoms with Crippen LogP contribution in [0.15, 0.2) is 42.5 Å². The van der Waals surface area contributed by atoms with Crippen molar-refractivity contribution in [1.82, 2.24) is 0 Å². The molecule has 0 bridgehead atoms. The van der Waals surface area contributed by atoms with E-state index in [2.05, 4.69) is 0 Å². The van der Waals surface area contributed by atoms with Crippen LogP contribution in [-0.2, 0) is 11.3 Å². The lowest BCUT2D eigenvalue weighted by molar-refractivity contribution is -0.297. The third-order valence-corrected chi connectivity index (χ3v) is 4.01. The summed E-state index contributed by atoms with van der Waals surface area (Å²) >= 11 is 0. The summed E-state index contributed by atoms with van der Waals surface area (Å²) in [6, 6.07) is 10.7. The number of methoxy groups -OCH3 is 2. The van der Waals surface area contributed by atoms with E-state index in [0.717, 1.165) is 11.6 Å². The zero-order chi connectivity index (χ0) is 18.0. The minimum Gasteiger partial charge on any atom is -0.545 e. The Labute approximate surface area is 144 Å². The van der Waals surface area contributed by atoms with Gasteiger partial charge in [-0.2, -0.15) is 0 Å². The maximum atomic E-state index is 12.9. The number of carbonyl (C=O) groups excluding carboxylic acids is 2. The fraction of sp³-hybridized carbons (Fsp3) is 0.158. The molecule has 3 rings (SSSR count). The number of fused-ring (bicyclic) bond motifs is 1. The molecule has 1 heterocycles. The molecular weight excluding hydrogens is 322 g/mol. The van der Waals surface area contributed by atoms with Crippen LogP contribution in [0.25, 0.3) is 6.08 Å². The van der Waals surface area contributed by atoms with E-state index in [1.165, 1.54) is 20.3 Å². The standard InChI is InChI=1S/C19H17NO5/c1-24-15-8-7-13-11-20(19(23)17(13)18(15)25-2)14-5-3-4-12(10-14)6-9-16(21)22/h3-10H,11H2,1-2H3,(H,21,22)/p-1/b9-6+. The Morgan fingerprint density at radius 1 is 1.20 bits per heavy atom. The highest BCUT2D eigenvalue weighted by atomic mass is 16.5. The second-order valence-electron chi connectivity index (χ2n) is 5.47. The van der Waals surface area contributed by atoms with Crippen molar-refractivity contribution in [2.75, 3.05) is 19.1 Å². The molecule has 0 spiro atoms. The van der Waals surface area contributed by atoms with Gasteiger partial charge in [-0.3, -0.25) is 4.79 Å². The lowest BCUT2D eigenvalue weighted by atomic mass is 10.1. The quantitative estimate of drug-likeness (QED) is 0.774. The highest BCUT2D eigenvalue weighted by Gasteiger charge is 2.33. The van der Waals surface area contributed by atoms with Crippen molar-refractivity contribution >= 4 is 23.6 Å². The summed E-state index contributed by atoms with van der Waals surface area (Å²) in [6.45, 7) is 0.405. The van der Waals surface area contributed by atoms with Gasteiger partial charge in [0, 0.05) is 5.69 Å². The first-order valence-corrected chi connectivity index (χ1v) is 7.60. The summed E-state index contributed by atoms with van der Waals surface area (Å²) in [5.41, 5.74) is 2.66. The molecule has 6 nitrogen and oxygen atoms in total. The van der Waals surface area contributed by atoms with Crippen LogP contribution in [0.2, 0.25) is 0 Å². The smallest absolute Gasteiger partial charge is 0.262 e. The average molecular weight is 338 g/mol. The van der Waals surface area contributed by atoms with Crippen LogP contribution in [0, 0.1) is 0 Å². The highest BCUT2D eigenvalue weighted by molar-refractivity contribution is 6.12. The summed E-state index contributed by atoms with van der Waals surface area (Å²) < 4.78 is 10.6. The first-order valence-electron chi connectivity index (χ1n) is 7.60. The molecule has 0 saturated heterocycles. The van der Waals surface area contributed by atoms with Gasteiger partial charge in [0.25, 0.3) is 5.91 Å². The van der Waals surface area contributed by atoms with Crippen molar-refractivity contribution in [3.8, 4) is 11.5 Å². The van der Waals surface area contributed by atoms with Crippen LogP contribution in [0.1, 0.15) is 21.5 Å². The molecule has 1 aliphatic rings. The van der Waals surface area contributed by atoms with Crippen molar-refractivity contribution < 1.29 is 24.2 Å². The molecule has 0 atom stereocenters. The van der Waals surface area contributed by atoms with Crippen LogP contribution in [0.5, 0.6) is 11.5 Å². The van der Waals surface area contributed by atoms with Crippen molar-refractivity contribution in [2.45, 2.75) is 6.54 Å². The van der Waals surface area contributed by atoms with Gasteiger partial charge in [0.15, 0.2) is 11.5 Å². The molecule has 128 valence electrons. The normalized spacial score (nSPS) is 13.2. The topological polar surface area (TPSA) is 78.9 Å². The maximum absolute atomic E-state index is 12.9. The molecule has 0 aromatic heterocycles.